The van der Waals surface area contributed by atoms with E-state index in [0.717, 1.165) is 4.90 Å². The molecular weight excluding hydrogens is 833 g/mol. The standard InChI is InChI=1S/C43H76N10O7S2/c1-49(2)29-39(56)45-23-14-10-18-34(47-41(58)31-51(5)6)36(54)20-12-16-26-53(43(60)33-28-44-25-22-38(33)62-61-9)27-17-13-21-37(55)35(48-42(59)32-52(7)8)19-11-15-24-46-40(57)30-50(3)4/h22,25,28,34-35H,10-21,23-24,26-27,29-32H2,1-9H3,(H,45,56)(H,46,57)(H,47,58)(H,48,59)/t34-,35-/m0/s1. The molecule has 0 radical (unpaired) electrons. The highest BCUT2D eigenvalue weighted by atomic mass is 33.1. The topological polar surface area (TPSA) is 197 Å². The second kappa shape index (κ2) is 33.0. The molecule has 5 amide bonds. The van der Waals surface area contributed by atoms with Crippen molar-refractivity contribution < 1.29 is 33.6 Å². The molecule has 0 aliphatic heterocycles. The van der Waals surface area contributed by atoms with Gasteiger partial charge in [-0.05, 0) is 133 Å². The zero-order chi connectivity index (χ0) is 46.5. The van der Waals surface area contributed by atoms with Crippen molar-refractivity contribution in [1.82, 2.24) is 50.8 Å². The second-order valence-corrected chi connectivity index (χ2v) is 19.1. The summed E-state index contributed by atoms with van der Waals surface area (Å²) in [4.78, 5) is 104. The molecule has 0 saturated carbocycles. The second-order valence-electron chi connectivity index (χ2n) is 16.6. The first kappa shape index (κ1) is 56.4. The van der Waals surface area contributed by atoms with E-state index in [9.17, 15) is 33.6 Å². The maximum atomic E-state index is 14.0. The molecule has 1 rings (SSSR count). The van der Waals surface area contributed by atoms with Crippen LogP contribution in [0.3, 0.4) is 0 Å². The van der Waals surface area contributed by atoms with Crippen molar-refractivity contribution in [3.05, 3.63) is 24.0 Å². The number of carbonyl (C=O) groups is 7. The van der Waals surface area contributed by atoms with E-state index in [2.05, 4.69) is 26.3 Å². The van der Waals surface area contributed by atoms with E-state index >= 15 is 0 Å². The highest BCUT2D eigenvalue weighted by Gasteiger charge is 2.24. The van der Waals surface area contributed by atoms with Crippen molar-refractivity contribution >= 4 is 62.7 Å². The average molecular weight is 909 g/mol. The van der Waals surface area contributed by atoms with Gasteiger partial charge in [-0.1, -0.05) is 21.6 Å². The number of likely N-dealkylation sites (N-methyl/N-ethyl adjacent to an activating group) is 4. The molecule has 0 saturated heterocycles. The summed E-state index contributed by atoms with van der Waals surface area (Å²) in [6.45, 7) is 2.65. The molecule has 0 fully saturated rings. The molecule has 19 heteroatoms. The third-order valence-corrected chi connectivity index (χ3v) is 11.2. The minimum atomic E-state index is -0.651. The third kappa shape index (κ3) is 26.8. The van der Waals surface area contributed by atoms with Gasteiger partial charge in [0.15, 0.2) is 11.6 Å². The number of aromatic nitrogens is 1. The van der Waals surface area contributed by atoms with E-state index in [1.54, 1.807) is 65.1 Å². The molecule has 0 spiro atoms. The van der Waals surface area contributed by atoms with Gasteiger partial charge in [0.25, 0.3) is 5.91 Å². The summed E-state index contributed by atoms with van der Waals surface area (Å²) in [6, 6.07) is 0.513. The first-order valence-electron chi connectivity index (χ1n) is 21.6. The van der Waals surface area contributed by atoms with Crippen molar-refractivity contribution in [3.8, 4) is 0 Å². The molecule has 0 bridgehead atoms. The van der Waals surface area contributed by atoms with Crippen LogP contribution in [0.25, 0.3) is 0 Å². The summed E-state index contributed by atoms with van der Waals surface area (Å²) in [5.41, 5.74) is 0.488. The molecule has 352 valence electrons. The summed E-state index contributed by atoms with van der Waals surface area (Å²) in [7, 11) is 17.5. The fourth-order valence-corrected chi connectivity index (χ4v) is 8.01. The Morgan fingerprint density at radius 3 is 1.40 bits per heavy atom. The average Bonchev–Trinajstić information content (AvgIpc) is 3.17. The molecule has 2 atom stereocenters. The van der Waals surface area contributed by atoms with Crippen molar-refractivity contribution in [3.63, 3.8) is 0 Å². The SMILES string of the molecule is CSSc1ccncc1C(=O)N(CCCCC(=O)[C@H](CCCCNC(=O)CN(C)C)NC(=O)CN(C)C)CCCCC(=O)[C@H](CCCCNC(=O)CN(C)C)NC(=O)CN(C)C. The molecule has 0 aromatic carbocycles. The fraction of sp³-hybridized carbons (Fsp3) is 0.721. The first-order chi connectivity index (χ1) is 29.4. The Morgan fingerprint density at radius 1 is 0.581 bits per heavy atom. The van der Waals surface area contributed by atoms with E-state index in [1.165, 1.54) is 21.6 Å². The predicted molar refractivity (Wildman–Crippen MR) is 249 cm³/mol. The van der Waals surface area contributed by atoms with Crippen LogP contribution in [0, 0.1) is 0 Å². The highest BCUT2D eigenvalue weighted by molar-refractivity contribution is 8.76. The Bertz CT molecular complexity index is 1450. The molecule has 62 heavy (non-hydrogen) atoms. The van der Waals surface area contributed by atoms with Crippen LogP contribution in [-0.4, -0.2) is 198 Å². The van der Waals surface area contributed by atoms with Crippen molar-refractivity contribution in [2.45, 2.75) is 94.0 Å². The van der Waals surface area contributed by atoms with Gasteiger partial charge in [-0.15, -0.1) is 0 Å². The number of unbranched alkanes of at least 4 members (excludes halogenated alkanes) is 4. The lowest BCUT2D eigenvalue weighted by molar-refractivity contribution is -0.128. The van der Waals surface area contributed by atoms with E-state index in [-0.39, 0.29) is 67.0 Å². The van der Waals surface area contributed by atoms with Crippen LogP contribution < -0.4 is 21.3 Å². The van der Waals surface area contributed by atoms with Crippen LogP contribution in [0.4, 0.5) is 0 Å². The summed E-state index contributed by atoms with van der Waals surface area (Å²) < 4.78 is 0. The molecule has 1 aromatic heterocycles. The number of rotatable bonds is 35. The van der Waals surface area contributed by atoms with E-state index < -0.39 is 12.1 Å². The number of carbonyl (C=O) groups excluding carboxylic acids is 7. The molecule has 1 heterocycles. The van der Waals surface area contributed by atoms with E-state index in [4.69, 9.17) is 0 Å². The molecule has 1 aromatic rings. The van der Waals surface area contributed by atoms with Gasteiger partial charge in [-0.2, -0.15) is 0 Å². The van der Waals surface area contributed by atoms with Crippen LogP contribution in [0.5, 0.6) is 0 Å². The Balaban J connectivity index is 2.95. The Morgan fingerprint density at radius 2 is 1.00 bits per heavy atom. The molecule has 4 N–H and O–H groups in total. The number of nitrogens with zero attached hydrogens (tertiary/aromatic N) is 6. The Hall–Kier alpha value is -3.62. The number of pyridine rings is 1. The maximum absolute atomic E-state index is 14.0. The number of hydrogen-bond donors (Lipinski definition) is 4. The molecule has 0 unspecified atom stereocenters. The van der Waals surface area contributed by atoms with Gasteiger partial charge in [0.05, 0.1) is 43.8 Å². The number of hydrogen-bond acceptors (Lipinski definition) is 14. The fourth-order valence-electron chi connectivity index (χ4n) is 6.51. The van der Waals surface area contributed by atoms with Crippen molar-refractivity contribution in [2.75, 3.05) is 115 Å². The van der Waals surface area contributed by atoms with Crippen LogP contribution in [0.2, 0.25) is 0 Å². The van der Waals surface area contributed by atoms with Crippen LogP contribution in [-0.2, 0) is 28.8 Å². The minimum Gasteiger partial charge on any atom is -0.355 e. The number of amides is 5. The lowest BCUT2D eigenvalue weighted by Crippen LogP contribution is -2.44. The number of Topliss-reactive ketones (excluding diaryl/α,β-unsaturated/α-hetero) is 2. The van der Waals surface area contributed by atoms with Gasteiger partial charge in [0.2, 0.25) is 23.6 Å². The van der Waals surface area contributed by atoms with Gasteiger partial charge in [0, 0.05) is 56.3 Å². The smallest absolute Gasteiger partial charge is 0.256 e. The molecule has 17 nitrogen and oxygen atoms in total. The lowest BCUT2D eigenvalue weighted by atomic mass is 10.00. The van der Waals surface area contributed by atoms with Gasteiger partial charge < -0.3 is 45.8 Å². The van der Waals surface area contributed by atoms with Crippen LogP contribution >= 0.6 is 21.6 Å². The van der Waals surface area contributed by atoms with Gasteiger partial charge in [0.1, 0.15) is 0 Å². The summed E-state index contributed by atoms with van der Waals surface area (Å²) in [5.74, 6) is -0.922. The Labute approximate surface area is 378 Å². The zero-order valence-electron chi connectivity index (χ0n) is 38.9. The Kier molecular flexibility index (Phi) is 30.0. The lowest BCUT2D eigenvalue weighted by Gasteiger charge is -2.24. The van der Waals surface area contributed by atoms with Gasteiger partial charge in [-0.3, -0.25) is 38.5 Å². The molecular formula is C43H76N10O7S2. The van der Waals surface area contributed by atoms with Gasteiger partial charge >= 0.3 is 0 Å². The normalized spacial score (nSPS) is 12.3. The third-order valence-electron chi connectivity index (χ3n) is 9.44. The quantitative estimate of drug-likeness (QED) is 0.0572. The van der Waals surface area contributed by atoms with Gasteiger partial charge in [-0.25, -0.2) is 0 Å². The van der Waals surface area contributed by atoms with Crippen LogP contribution in [0.15, 0.2) is 23.4 Å². The van der Waals surface area contributed by atoms with E-state index in [0.29, 0.717) is 109 Å². The molecule has 0 aliphatic carbocycles. The summed E-state index contributed by atoms with van der Waals surface area (Å²) in [6.07, 6.45) is 11.3. The van der Waals surface area contributed by atoms with Crippen molar-refractivity contribution in [2.24, 2.45) is 0 Å². The van der Waals surface area contributed by atoms with E-state index in [1.807, 2.05) is 40.5 Å². The number of nitrogens with one attached hydrogen (secondary N) is 4. The largest absolute Gasteiger partial charge is 0.355 e. The predicted octanol–water partition coefficient (Wildman–Crippen LogP) is 2.16. The van der Waals surface area contributed by atoms with Crippen LogP contribution in [0.1, 0.15) is 87.4 Å². The highest BCUT2D eigenvalue weighted by Crippen LogP contribution is 2.31. The summed E-state index contributed by atoms with van der Waals surface area (Å²) >= 11 is 0. The zero-order valence-corrected chi connectivity index (χ0v) is 40.5. The minimum absolute atomic E-state index is 0.0670. The summed E-state index contributed by atoms with van der Waals surface area (Å²) in [5, 5.41) is 11.6. The maximum Gasteiger partial charge on any atom is 0.256 e. The number of ketones is 2. The first-order valence-corrected chi connectivity index (χ1v) is 24.2. The molecule has 0 aliphatic rings. The van der Waals surface area contributed by atoms with Crippen molar-refractivity contribution in [1.29, 1.82) is 0 Å². The monoisotopic (exact) mass is 909 g/mol.